The van der Waals surface area contributed by atoms with E-state index in [1.165, 1.54) is 0 Å². The summed E-state index contributed by atoms with van der Waals surface area (Å²) in [4.78, 5) is 24.2. The second-order valence-corrected chi connectivity index (χ2v) is 4.76. The van der Waals surface area contributed by atoms with Crippen molar-refractivity contribution in [2.45, 2.75) is 31.7 Å². The van der Waals surface area contributed by atoms with Crippen molar-refractivity contribution in [2.24, 2.45) is 11.7 Å². The fraction of sp³-hybridized carbons (Fsp3) is 0.833. The van der Waals surface area contributed by atoms with Gasteiger partial charge in [0.1, 0.15) is 0 Å². The molecule has 1 saturated heterocycles. The number of amides is 1. The van der Waals surface area contributed by atoms with Crippen molar-refractivity contribution in [1.29, 1.82) is 0 Å². The van der Waals surface area contributed by atoms with Gasteiger partial charge < -0.3 is 20.5 Å². The lowest BCUT2D eigenvalue weighted by atomic mass is 10.0. The molecule has 1 fully saturated rings. The minimum atomic E-state index is -0.781. The molecular weight excluding hydrogens is 236 g/mol. The Morgan fingerprint density at radius 3 is 2.89 bits per heavy atom. The van der Waals surface area contributed by atoms with Crippen LogP contribution in [0, 0.1) is 5.92 Å². The summed E-state index contributed by atoms with van der Waals surface area (Å²) in [5, 5.41) is 8.62. The average Bonchev–Trinajstić information content (AvgIpc) is 2.81. The van der Waals surface area contributed by atoms with Gasteiger partial charge >= 0.3 is 5.97 Å². The second kappa shape index (κ2) is 7.33. The molecule has 0 aliphatic carbocycles. The van der Waals surface area contributed by atoms with Crippen molar-refractivity contribution in [3.63, 3.8) is 0 Å². The Labute approximate surface area is 107 Å². The largest absolute Gasteiger partial charge is 0.481 e. The molecule has 0 radical (unpaired) electrons. The molecule has 1 aliphatic rings. The second-order valence-electron chi connectivity index (χ2n) is 4.76. The summed E-state index contributed by atoms with van der Waals surface area (Å²) in [5.74, 6) is -0.541. The van der Waals surface area contributed by atoms with Gasteiger partial charge in [-0.2, -0.15) is 0 Å². The molecule has 2 unspecified atom stereocenters. The molecule has 3 N–H and O–H groups in total. The standard InChI is InChI=1S/C12H22N2O4/c1-18-7-5-10(13)12(17)14-6-4-9(8-14)2-3-11(15)16/h9-10H,2-8,13H2,1H3,(H,15,16). The minimum absolute atomic E-state index is 0.0510. The number of nitrogens with zero attached hydrogens (tertiary/aromatic N) is 1. The lowest BCUT2D eigenvalue weighted by Gasteiger charge is -2.20. The Bertz CT molecular complexity index is 296. The summed E-state index contributed by atoms with van der Waals surface area (Å²) >= 11 is 0. The van der Waals surface area contributed by atoms with Gasteiger partial charge in [0, 0.05) is 33.2 Å². The lowest BCUT2D eigenvalue weighted by Crippen LogP contribution is -2.43. The van der Waals surface area contributed by atoms with E-state index in [9.17, 15) is 9.59 Å². The first kappa shape index (κ1) is 14.9. The fourth-order valence-electron chi connectivity index (χ4n) is 2.20. The normalized spacial score (nSPS) is 21.0. The van der Waals surface area contributed by atoms with E-state index in [0.717, 1.165) is 6.42 Å². The number of carbonyl (C=O) groups excluding carboxylic acids is 1. The van der Waals surface area contributed by atoms with Crippen LogP contribution in [0.2, 0.25) is 0 Å². The zero-order chi connectivity index (χ0) is 13.5. The van der Waals surface area contributed by atoms with Crippen molar-refractivity contribution >= 4 is 11.9 Å². The molecule has 0 aromatic rings. The van der Waals surface area contributed by atoms with E-state index in [-0.39, 0.29) is 12.3 Å². The maximum absolute atomic E-state index is 12.0. The third-order valence-electron chi connectivity index (χ3n) is 3.31. The van der Waals surface area contributed by atoms with Gasteiger partial charge in [-0.05, 0) is 25.2 Å². The average molecular weight is 258 g/mol. The van der Waals surface area contributed by atoms with Gasteiger partial charge in [-0.15, -0.1) is 0 Å². The third-order valence-corrected chi connectivity index (χ3v) is 3.31. The number of likely N-dealkylation sites (tertiary alicyclic amines) is 1. The lowest BCUT2D eigenvalue weighted by molar-refractivity contribution is -0.137. The Balaban J connectivity index is 2.31. The summed E-state index contributed by atoms with van der Waals surface area (Å²) in [7, 11) is 1.58. The van der Waals surface area contributed by atoms with Crippen LogP contribution in [0.5, 0.6) is 0 Å². The van der Waals surface area contributed by atoms with Crippen LogP contribution < -0.4 is 5.73 Å². The number of carbonyl (C=O) groups is 2. The monoisotopic (exact) mass is 258 g/mol. The number of nitrogens with two attached hydrogens (primary N) is 1. The van der Waals surface area contributed by atoms with E-state index < -0.39 is 12.0 Å². The molecule has 0 bridgehead atoms. The van der Waals surface area contributed by atoms with Crippen molar-refractivity contribution in [3.05, 3.63) is 0 Å². The molecule has 1 heterocycles. The van der Waals surface area contributed by atoms with Gasteiger partial charge in [-0.1, -0.05) is 0 Å². The van der Waals surface area contributed by atoms with Gasteiger partial charge in [-0.25, -0.2) is 0 Å². The quantitative estimate of drug-likeness (QED) is 0.673. The van der Waals surface area contributed by atoms with Crippen LogP contribution >= 0.6 is 0 Å². The molecule has 18 heavy (non-hydrogen) atoms. The number of hydrogen-bond acceptors (Lipinski definition) is 4. The van der Waals surface area contributed by atoms with Crippen LogP contribution in [-0.4, -0.2) is 54.7 Å². The predicted octanol–water partition coefficient (Wildman–Crippen LogP) is 0.0635. The number of ether oxygens (including phenoxy) is 1. The van der Waals surface area contributed by atoms with Crippen LogP contribution in [0.3, 0.4) is 0 Å². The van der Waals surface area contributed by atoms with E-state index >= 15 is 0 Å². The number of carboxylic acids is 1. The Kier molecular flexibility index (Phi) is 6.07. The van der Waals surface area contributed by atoms with Gasteiger partial charge in [0.05, 0.1) is 6.04 Å². The smallest absolute Gasteiger partial charge is 0.303 e. The molecule has 1 aliphatic heterocycles. The Hall–Kier alpha value is -1.14. The molecule has 104 valence electrons. The zero-order valence-corrected chi connectivity index (χ0v) is 10.8. The van der Waals surface area contributed by atoms with E-state index in [2.05, 4.69) is 0 Å². The summed E-state index contributed by atoms with van der Waals surface area (Å²) in [6.07, 6.45) is 2.19. The van der Waals surface area contributed by atoms with Crippen LogP contribution in [0.1, 0.15) is 25.7 Å². The summed E-state index contributed by atoms with van der Waals surface area (Å²) in [6, 6.07) is -0.511. The highest BCUT2D eigenvalue weighted by Gasteiger charge is 2.29. The molecule has 0 aromatic heterocycles. The summed E-state index contributed by atoms with van der Waals surface area (Å²) < 4.78 is 4.90. The molecule has 1 amide bonds. The van der Waals surface area contributed by atoms with Gasteiger partial charge in [0.25, 0.3) is 0 Å². The molecule has 0 aromatic carbocycles. The van der Waals surface area contributed by atoms with E-state index in [1.807, 2.05) is 0 Å². The number of aliphatic carboxylic acids is 1. The van der Waals surface area contributed by atoms with E-state index in [1.54, 1.807) is 12.0 Å². The number of carboxylic acid groups (broad SMARTS) is 1. The molecule has 2 atom stereocenters. The highest BCUT2D eigenvalue weighted by molar-refractivity contribution is 5.81. The first-order chi connectivity index (χ1) is 8.54. The van der Waals surface area contributed by atoms with E-state index in [4.69, 9.17) is 15.6 Å². The number of hydrogen-bond donors (Lipinski definition) is 2. The van der Waals surface area contributed by atoms with Crippen LogP contribution in [0.4, 0.5) is 0 Å². The molecule has 0 spiro atoms. The van der Waals surface area contributed by atoms with E-state index in [0.29, 0.717) is 38.5 Å². The SMILES string of the molecule is COCCC(N)C(=O)N1CCC(CCC(=O)O)C1. The van der Waals surface area contributed by atoms with Crippen LogP contribution in [0.25, 0.3) is 0 Å². The number of rotatable bonds is 7. The van der Waals surface area contributed by atoms with Crippen molar-refractivity contribution in [2.75, 3.05) is 26.8 Å². The summed E-state index contributed by atoms with van der Waals surface area (Å²) in [6.45, 7) is 1.79. The van der Waals surface area contributed by atoms with Crippen LogP contribution in [-0.2, 0) is 14.3 Å². The highest BCUT2D eigenvalue weighted by atomic mass is 16.5. The third kappa shape index (κ3) is 4.62. The van der Waals surface area contributed by atoms with Gasteiger partial charge in [0.15, 0.2) is 0 Å². The van der Waals surface area contributed by atoms with Crippen molar-refractivity contribution in [3.8, 4) is 0 Å². The predicted molar refractivity (Wildman–Crippen MR) is 66.0 cm³/mol. The first-order valence-electron chi connectivity index (χ1n) is 6.29. The Morgan fingerprint density at radius 2 is 2.28 bits per heavy atom. The maximum Gasteiger partial charge on any atom is 0.303 e. The molecule has 6 heteroatoms. The molecular formula is C12H22N2O4. The molecule has 6 nitrogen and oxygen atoms in total. The first-order valence-corrected chi connectivity index (χ1v) is 6.29. The zero-order valence-electron chi connectivity index (χ0n) is 10.8. The topological polar surface area (TPSA) is 92.9 Å². The van der Waals surface area contributed by atoms with Crippen molar-refractivity contribution < 1.29 is 19.4 Å². The van der Waals surface area contributed by atoms with Crippen LogP contribution in [0.15, 0.2) is 0 Å². The maximum atomic E-state index is 12.0. The van der Waals surface area contributed by atoms with Crippen molar-refractivity contribution in [1.82, 2.24) is 4.90 Å². The Morgan fingerprint density at radius 1 is 1.56 bits per heavy atom. The highest BCUT2D eigenvalue weighted by Crippen LogP contribution is 2.21. The number of methoxy groups -OCH3 is 1. The minimum Gasteiger partial charge on any atom is -0.481 e. The fourth-order valence-corrected chi connectivity index (χ4v) is 2.20. The van der Waals surface area contributed by atoms with Gasteiger partial charge in [0.2, 0.25) is 5.91 Å². The molecule has 1 rings (SSSR count). The molecule has 0 saturated carbocycles. The van der Waals surface area contributed by atoms with Gasteiger partial charge in [-0.3, -0.25) is 9.59 Å². The summed E-state index contributed by atoms with van der Waals surface area (Å²) in [5.41, 5.74) is 5.79.